The molecule has 1 fully saturated rings. The third kappa shape index (κ3) is 3.32. The van der Waals surface area contributed by atoms with Crippen molar-refractivity contribution in [2.75, 3.05) is 6.54 Å². The van der Waals surface area contributed by atoms with Gasteiger partial charge in [0, 0.05) is 31.6 Å². The smallest absolute Gasteiger partial charge is 0.271 e. The van der Waals surface area contributed by atoms with Gasteiger partial charge < -0.3 is 9.88 Å². The number of aromatic nitrogens is 5. The lowest BCUT2D eigenvalue weighted by atomic mass is 10.1. The number of nitrogens with zero attached hydrogens (tertiary/aromatic N) is 5. The summed E-state index contributed by atoms with van der Waals surface area (Å²) in [5, 5.41) is 16.0. The standard InChI is InChI=1S/C18H26N6O/c1-12-11-15(22-24(12)13(2)14-6-7-14)18(25)19-9-8-17-21-20-16-5-3-4-10-23(16)17/h11,13-14H,3-10H2,1-2H3,(H,19,25). The molecule has 1 N–H and O–H groups in total. The van der Waals surface area contributed by atoms with Crippen LogP contribution in [0.5, 0.6) is 0 Å². The Morgan fingerprint density at radius 3 is 3.00 bits per heavy atom. The van der Waals surface area contributed by atoms with Crippen LogP contribution >= 0.6 is 0 Å². The molecular formula is C18H26N6O. The molecule has 0 saturated heterocycles. The van der Waals surface area contributed by atoms with Crippen molar-refractivity contribution < 1.29 is 4.79 Å². The van der Waals surface area contributed by atoms with Gasteiger partial charge >= 0.3 is 0 Å². The highest BCUT2D eigenvalue weighted by Gasteiger charge is 2.30. The maximum atomic E-state index is 12.4. The highest BCUT2D eigenvalue weighted by molar-refractivity contribution is 5.92. The molecule has 134 valence electrons. The van der Waals surface area contributed by atoms with Crippen LogP contribution in [0.1, 0.15) is 66.5 Å². The van der Waals surface area contributed by atoms with E-state index >= 15 is 0 Å². The number of aryl methyl sites for hydroxylation is 2. The van der Waals surface area contributed by atoms with E-state index in [1.54, 1.807) is 0 Å². The van der Waals surface area contributed by atoms with E-state index in [2.05, 4.69) is 32.1 Å². The molecule has 1 atom stereocenters. The van der Waals surface area contributed by atoms with E-state index in [0.29, 0.717) is 30.6 Å². The van der Waals surface area contributed by atoms with Crippen molar-refractivity contribution in [1.82, 2.24) is 29.9 Å². The van der Waals surface area contributed by atoms with Crippen molar-refractivity contribution in [2.24, 2.45) is 5.92 Å². The molecule has 2 aromatic heterocycles. The van der Waals surface area contributed by atoms with Crippen LogP contribution in [0, 0.1) is 12.8 Å². The lowest BCUT2D eigenvalue weighted by Crippen LogP contribution is -2.27. The molecule has 0 aromatic carbocycles. The zero-order chi connectivity index (χ0) is 17.4. The Labute approximate surface area is 147 Å². The Morgan fingerprint density at radius 2 is 2.20 bits per heavy atom. The van der Waals surface area contributed by atoms with E-state index in [0.717, 1.165) is 30.3 Å². The Balaban J connectivity index is 1.35. The lowest BCUT2D eigenvalue weighted by Gasteiger charge is -2.14. The summed E-state index contributed by atoms with van der Waals surface area (Å²) < 4.78 is 4.20. The molecule has 1 unspecified atom stereocenters. The summed E-state index contributed by atoms with van der Waals surface area (Å²) in [5.41, 5.74) is 1.56. The molecule has 7 nitrogen and oxygen atoms in total. The van der Waals surface area contributed by atoms with Crippen LogP contribution in [-0.2, 0) is 19.4 Å². The summed E-state index contributed by atoms with van der Waals surface area (Å²) in [7, 11) is 0. The number of hydrogen-bond donors (Lipinski definition) is 1. The monoisotopic (exact) mass is 342 g/mol. The van der Waals surface area contributed by atoms with E-state index in [4.69, 9.17) is 0 Å². The van der Waals surface area contributed by atoms with Crippen LogP contribution in [0.4, 0.5) is 0 Å². The lowest BCUT2D eigenvalue weighted by molar-refractivity contribution is 0.0947. The fraction of sp³-hybridized carbons (Fsp3) is 0.667. The molecular weight excluding hydrogens is 316 g/mol. The molecule has 2 aromatic rings. The Bertz CT molecular complexity index is 773. The molecule has 4 rings (SSSR count). The SMILES string of the molecule is Cc1cc(C(=O)NCCc2nnc3n2CCCC3)nn1C(C)C1CC1. The van der Waals surface area contributed by atoms with Gasteiger partial charge in [0.25, 0.3) is 5.91 Å². The summed E-state index contributed by atoms with van der Waals surface area (Å²) in [5.74, 6) is 2.66. The molecule has 1 aliphatic carbocycles. The first-order chi connectivity index (χ1) is 12.1. The second-order valence-electron chi connectivity index (χ2n) is 7.34. The number of fused-ring (bicyclic) bond motifs is 1. The molecule has 1 amide bonds. The van der Waals surface area contributed by atoms with Crippen LogP contribution in [0.2, 0.25) is 0 Å². The fourth-order valence-electron chi connectivity index (χ4n) is 3.72. The average Bonchev–Trinajstić information content (AvgIpc) is 3.28. The van der Waals surface area contributed by atoms with Crippen LogP contribution in [-0.4, -0.2) is 37.0 Å². The molecule has 0 bridgehead atoms. The van der Waals surface area contributed by atoms with E-state index in [-0.39, 0.29) is 5.91 Å². The number of carbonyl (C=O) groups is 1. The number of carbonyl (C=O) groups excluding carboxylic acids is 1. The first-order valence-electron chi connectivity index (χ1n) is 9.39. The van der Waals surface area contributed by atoms with Gasteiger partial charge in [0.15, 0.2) is 0 Å². The molecule has 1 aliphatic heterocycles. The highest BCUT2D eigenvalue weighted by Crippen LogP contribution is 2.39. The summed E-state index contributed by atoms with van der Waals surface area (Å²) in [6.45, 7) is 5.76. The van der Waals surface area contributed by atoms with Crippen LogP contribution in [0.15, 0.2) is 6.07 Å². The molecule has 3 heterocycles. The van der Waals surface area contributed by atoms with Gasteiger partial charge in [0.1, 0.15) is 17.3 Å². The van der Waals surface area contributed by atoms with Crippen molar-refractivity contribution in [3.8, 4) is 0 Å². The zero-order valence-corrected chi connectivity index (χ0v) is 15.0. The summed E-state index contributed by atoms with van der Waals surface area (Å²) >= 11 is 0. The molecule has 7 heteroatoms. The van der Waals surface area contributed by atoms with Gasteiger partial charge in [-0.2, -0.15) is 5.10 Å². The fourth-order valence-corrected chi connectivity index (χ4v) is 3.72. The van der Waals surface area contributed by atoms with Gasteiger partial charge in [-0.05, 0) is 51.5 Å². The molecule has 2 aliphatic rings. The van der Waals surface area contributed by atoms with Crippen molar-refractivity contribution in [2.45, 2.75) is 65.0 Å². The van der Waals surface area contributed by atoms with Crippen molar-refractivity contribution in [3.63, 3.8) is 0 Å². The number of amides is 1. The van der Waals surface area contributed by atoms with Crippen molar-refractivity contribution in [1.29, 1.82) is 0 Å². The Hall–Kier alpha value is -2.18. The van der Waals surface area contributed by atoms with Crippen LogP contribution in [0.25, 0.3) is 0 Å². The van der Waals surface area contributed by atoms with E-state index in [1.807, 2.05) is 17.7 Å². The first-order valence-corrected chi connectivity index (χ1v) is 9.39. The minimum Gasteiger partial charge on any atom is -0.350 e. The molecule has 25 heavy (non-hydrogen) atoms. The predicted molar refractivity (Wildman–Crippen MR) is 93.4 cm³/mol. The normalized spacial score (nSPS) is 18.0. The number of rotatable bonds is 6. The third-order valence-electron chi connectivity index (χ3n) is 5.42. The van der Waals surface area contributed by atoms with Gasteiger partial charge in [-0.3, -0.25) is 9.48 Å². The second-order valence-corrected chi connectivity index (χ2v) is 7.34. The average molecular weight is 342 g/mol. The van der Waals surface area contributed by atoms with Gasteiger partial charge in [0.05, 0.1) is 6.04 Å². The number of hydrogen-bond acceptors (Lipinski definition) is 4. The van der Waals surface area contributed by atoms with Crippen LogP contribution in [0.3, 0.4) is 0 Å². The number of nitrogens with one attached hydrogen (secondary N) is 1. The second kappa shape index (κ2) is 6.61. The third-order valence-corrected chi connectivity index (χ3v) is 5.42. The summed E-state index contributed by atoms with van der Waals surface area (Å²) in [6.07, 6.45) is 6.62. The minimum absolute atomic E-state index is 0.108. The van der Waals surface area contributed by atoms with Gasteiger partial charge in [-0.1, -0.05) is 0 Å². The van der Waals surface area contributed by atoms with E-state index in [9.17, 15) is 4.79 Å². The van der Waals surface area contributed by atoms with Crippen molar-refractivity contribution >= 4 is 5.91 Å². The Kier molecular flexibility index (Phi) is 4.31. The van der Waals surface area contributed by atoms with Gasteiger partial charge in [-0.25, -0.2) is 0 Å². The quantitative estimate of drug-likeness (QED) is 0.872. The largest absolute Gasteiger partial charge is 0.350 e. The topological polar surface area (TPSA) is 77.6 Å². The molecule has 0 spiro atoms. The summed E-state index contributed by atoms with van der Waals surface area (Å²) in [4.78, 5) is 12.4. The minimum atomic E-state index is -0.108. The van der Waals surface area contributed by atoms with E-state index in [1.165, 1.54) is 25.7 Å². The summed E-state index contributed by atoms with van der Waals surface area (Å²) in [6, 6.07) is 2.26. The molecule has 1 saturated carbocycles. The van der Waals surface area contributed by atoms with Crippen molar-refractivity contribution in [3.05, 3.63) is 29.1 Å². The Morgan fingerprint density at radius 1 is 1.36 bits per heavy atom. The maximum Gasteiger partial charge on any atom is 0.271 e. The predicted octanol–water partition coefficient (Wildman–Crippen LogP) is 2.06. The van der Waals surface area contributed by atoms with E-state index < -0.39 is 0 Å². The first kappa shape index (κ1) is 16.3. The molecule has 0 radical (unpaired) electrons. The highest BCUT2D eigenvalue weighted by atomic mass is 16.1. The van der Waals surface area contributed by atoms with Gasteiger partial charge in [0.2, 0.25) is 0 Å². The zero-order valence-electron chi connectivity index (χ0n) is 15.0. The van der Waals surface area contributed by atoms with Crippen LogP contribution < -0.4 is 5.32 Å². The van der Waals surface area contributed by atoms with Gasteiger partial charge in [-0.15, -0.1) is 10.2 Å². The maximum absolute atomic E-state index is 12.4.